The van der Waals surface area contributed by atoms with E-state index in [1.54, 1.807) is 17.5 Å². The van der Waals surface area contributed by atoms with Crippen LogP contribution >= 0.6 is 11.3 Å². The molecule has 0 aromatic carbocycles. The van der Waals surface area contributed by atoms with Crippen LogP contribution in [0.5, 0.6) is 0 Å². The molecule has 0 atom stereocenters. The molecule has 0 unspecified atom stereocenters. The first-order valence-electron chi connectivity index (χ1n) is 9.86. The van der Waals surface area contributed by atoms with Crippen molar-refractivity contribution in [3.63, 3.8) is 0 Å². The lowest BCUT2D eigenvalue weighted by atomic mass is 10.2. The number of hydroxylamine groups is 2. The fraction of sp³-hybridized carbons (Fsp3) is 0.409. The highest BCUT2D eigenvalue weighted by molar-refractivity contribution is 7.16. The summed E-state index contributed by atoms with van der Waals surface area (Å²) in [5, 5.41) is 8.15. The molecule has 1 amide bonds. The van der Waals surface area contributed by atoms with E-state index in [9.17, 15) is 4.79 Å². The highest BCUT2D eigenvalue weighted by Crippen LogP contribution is 2.24. The van der Waals surface area contributed by atoms with E-state index in [-0.39, 0.29) is 0 Å². The van der Waals surface area contributed by atoms with Crippen LogP contribution in [-0.2, 0) is 16.1 Å². The molecule has 2 rings (SSSR count). The summed E-state index contributed by atoms with van der Waals surface area (Å²) >= 11 is 1.60. The van der Waals surface area contributed by atoms with Gasteiger partial charge in [-0.25, -0.2) is 15.0 Å². The van der Waals surface area contributed by atoms with Gasteiger partial charge in [0.25, 0.3) is 0 Å². The van der Waals surface area contributed by atoms with E-state index >= 15 is 0 Å². The van der Waals surface area contributed by atoms with Crippen molar-refractivity contribution in [1.29, 1.82) is 0 Å². The Morgan fingerprint density at radius 1 is 1.23 bits per heavy atom. The van der Waals surface area contributed by atoms with Gasteiger partial charge >= 0.3 is 0 Å². The number of hydrogen-bond acceptors (Lipinski definition) is 7. The molecule has 8 heteroatoms. The third-order valence-electron chi connectivity index (χ3n) is 3.21. The lowest BCUT2D eigenvalue weighted by Crippen LogP contribution is -2.12. The predicted molar refractivity (Wildman–Crippen MR) is 130 cm³/mol. The Bertz CT molecular complexity index is 713. The number of nitrogens with zero attached hydrogens (tertiary/aromatic N) is 3. The van der Waals surface area contributed by atoms with Crippen molar-refractivity contribution in [2.24, 2.45) is 0 Å². The first kappa shape index (κ1) is 29.5. The average Bonchev–Trinajstić information content (AvgIpc) is 3.26. The minimum absolute atomic E-state index is 0.583. The number of rotatable bonds is 7. The van der Waals surface area contributed by atoms with E-state index in [2.05, 4.69) is 38.4 Å². The quantitative estimate of drug-likeness (QED) is 0.350. The van der Waals surface area contributed by atoms with Crippen molar-refractivity contribution in [2.45, 2.75) is 41.0 Å². The number of aryl methyl sites for hydroxylation is 1. The monoisotopic (exact) mass is 435 g/mol. The maximum absolute atomic E-state index is 9.54. The number of aromatic nitrogens is 2. The number of amides is 1. The number of thiazole rings is 1. The van der Waals surface area contributed by atoms with Gasteiger partial charge in [-0.3, -0.25) is 9.63 Å². The van der Waals surface area contributed by atoms with Gasteiger partial charge in [-0.05, 0) is 44.2 Å². The molecule has 2 aromatic heterocycles. The van der Waals surface area contributed by atoms with Gasteiger partial charge in [0.1, 0.15) is 5.82 Å². The van der Waals surface area contributed by atoms with Crippen LogP contribution in [0, 0.1) is 0 Å². The molecule has 7 nitrogen and oxygen atoms in total. The van der Waals surface area contributed by atoms with Crippen molar-refractivity contribution in [1.82, 2.24) is 20.3 Å². The molecule has 0 aliphatic carbocycles. The van der Waals surface area contributed by atoms with Gasteiger partial charge in [0.2, 0.25) is 6.41 Å². The smallest absolute Gasteiger partial charge is 0.233 e. The molecule has 0 bridgehead atoms. The normalized spacial score (nSPS) is 9.47. The Labute approximate surface area is 185 Å². The van der Waals surface area contributed by atoms with Crippen molar-refractivity contribution in [3.8, 4) is 0 Å². The van der Waals surface area contributed by atoms with Gasteiger partial charge in [0, 0.05) is 26.5 Å². The number of hydrogen-bond donors (Lipinski definition) is 2. The Hall–Kier alpha value is -2.71. The average molecular weight is 436 g/mol. The standard InChI is InChI=1S/C13H16N4S.C4H8.C3H7NO2.C2H6/c1-3-10-5-4-7-15-12(10)17-13-16-9-11(18-13)6-8-14-2;1-3-4-2;1-4(3-5)6-2;1-2/h4-9,14H,3H2,1-2H3,(H,15,16,17);3-4H,1-2H3;3H,1-2H3;1-2H3/b8-6+;4-3-;;. The van der Waals surface area contributed by atoms with E-state index in [0.717, 1.165) is 27.3 Å². The Kier molecular flexibility index (Phi) is 20.7. The van der Waals surface area contributed by atoms with Crippen molar-refractivity contribution >= 4 is 34.8 Å². The second-order valence-electron chi connectivity index (χ2n) is 5.18. The third-order valence-corrected chi connectivity index (χ3v) is 4.08. The lowest BCUT2D eigenvalue weighted by molar-refractivity contribution is -0.153. The molecule has 0 aliphatic rings. The van der Waals surface area contributed by atoms with Crippen LogP contribution in [-0.4, -0.2) is 42.6 Å². The minimum atomic E-state index is 0.583. The lowest BCUT2D eigenvalue weighted by Gasteiger charge is -2.05. The second-order valence-corrected chi connectivity index (χ2v) is 6.24. The van der Waals surface area contributed by atoms with Gasteiger partial charge in [-0.15, -0.1) is 0 Å². The van der Waals surface area contributed by atoms with Crippen LogP contribution in [0.1, 0.15) is 45.1 Å². The molecule has 30 heavy (non-hydrogen) atoms. The highest BCUT2D eigenvalue weighted by Gasteiger charge is 2.04. The predicted octanol–water partition coefficient (Wildman–Crippen LogP) is 5.28. The van der Waals surface area contributed by atoms with Crippen LogP contribution < -0.4 is 10.6 Å². The molecule has 2 N–H and O–H groups in total. The molecular weight excluding hydrogens is 398 g/mol. The zero-order valence-electron chi connectivity index (χ0n) is 19.5. The Morgan fingerprint density at radius 3 is 2.37 bits per heavy atom. The van der Waals surface area contributed by atoms with Crippen molar-refractivity contribution in [3.05, 3.63) is 53.3 Å². The summed E-state index contributed by atoms with van der Waals surface area (Å²) in [6, 6.07) is 4.03. The molecule has 0 saturated heterocycles. The van der Waals surface area contributed by atoms with Crippen molar-refractivity contribution < 1.29 is 9.63 Å². The maximum Gasteiger partial charge on any atom is 0.233 e. The van der Waals surface area contributed by atoms with Crippen LogP contribution in [0.4, 0.5) is 10.9 Å². The summed E-state index contributed by atoms with van der Waals surface area (Å²) in [6.07, 6.45) is 13.0. The Morgan fingerprint density at radius 2 is 1.90 bits per heavy atom. The van der Waals surface area contributed by atoms with Crippen LogP contribution in [0.3, 0.4) is 0 Å². The van der Waals surface area contributed by atoms with Gasteiger partial charge in [-0.2, -0.15) is 0 Å². The van der Waals surface area contributed by atoms with Gasteiger partial charge < -0.3 is 10.6 Å². The first-order valence-corrected chi connectivity index (χ1v) is 10.7. The number of nitrogens with one attached hydrogen (secondary N) is 2. The summed E-state index contributed by atoms with van der Waals surface area (Å²) < 4.78 is 0. The van der Waals surface area contributed by atoms with E-state index in [1.165, 1.54) is 19.7 Å². The molecule has 168 valence electrons. The SMILES string of the molecule is C/C=C\C.CC.CCc1cccnc1Nc1ncc(/C=C/NC)s1.CON(C)C=O. The van der Waals surface area contributed by atoms with E-state index < -0.39 is 0 Å². The first-order chi connectivity index (χ1) is 14.6. The van der Waals surface area contributed by atoms with Gasteiger partial charge in [-0.1, -0.05) is 50.3 Å². The number of pyridine rings is 1. The molecule has 0 spiro atoms. The molecular formula is C22H37N5O2S. The third kappa shape index (κ3) is 14.3. The van der Waals surface area contributed by atoms with E-state index in [4.69, 9.17) is 0 Å². The topological polar surface area (TPSA) is 79.4 Å². The largest absolute Gasteiger partial charge is 0.394 e. The summed E-state index contributed by atoms with van der Waals surface area (Å²) in [5.41, 5.74) is 1.19. The molecule has 0 saturated carbocycles. The zero-order valence-corrected chi connectivity index (χ0v) is 20.3. The zero-order chi connectivity index (χ0) is 23.2. The summed E-state index contributed by atoms with van der Waals surface area (Å²) in [4.78, 5) is 23.7. The molecule has 2 aromatic rings. The summed E-state index contributed by atoms with van der Waals surface area (Å²) in [5.74, 6) is 0.887. The molecule has 0 aliphatic heterocycles. The van der Waals surface area contributed by atoms with Gasteiger partial charge in [0.05, 0.1) is 12.0 Å². The number of anilines is 2. The minimum Gasteiger partial charge on any atom is -0.394 e. The van der Waals surface area contributed by atoms with E-state index in [0.29, 0.717) is 6.41 Å². The highest BCUT2D eigenvalue weighted by atomic mass is 32.1. The Balaban J connectivity index is 0. The number of carbonyl (C=O) groups is 1. The summed E-state index contributed by atoms with van der Waals surface area (Å²) in [7, 11) is 4.82. The fourth-order valence-electron chi connectivity index (χ4n) is 1.57. The molecule has 2 heterocycles. The molecule has 0 fully saturated rings. The van der Waals surface area contributed by atoms with Crippen LogP contribution in [0.15, 0.2) is 42.9 Å². The number of carbonyl (C=O) groups excluding carboxylic acids is 1. The van der Waals surface area contributed by atoms with Gasteiger partial charge in [0.15, 0.2) is 5.13 Å². The number of allylic oxidation sites excluding steroid dienone is 2. The van der Waals surface area contributed by atoms with Crippen molar-refractivity contribution in [2.75, 3.05) is 26.5 Å². The molecule has 0 radical (unpaired) electrons. The van der Waals surface area contributed by atoms with Crippen LogP contribution in [0.2, 0.25) is 0 Å². The van der Waals surface area contributed by atoms with Crippen LogP contribution in [0.25, 0.3) is 6.08 Å². The fourth-order valence-corrected chi connectivity index (χ4v) is 2.29. The van der Waals surface area contributed by atoms with E-state index in [1.807, 2.05) is 71.4 Å². The summed E-state index contributed by atoms with van der Waals surface area (Å²) in [6.45, 7) is 10.1. The second kappa shape index (κ2) is 21.0. The maximum atomic E-state index is 9.54.